The summed E-state index contributed by atoms with van der Waals surface area (Å²) in [5, 5.41) is 0. The predicted molar refractivity (Wildman–Crippen MR) is 69.8 cm³/mol. The molecular formula is C13H15N5. The molecule has 3 N–H and O–H groups in total. The van der Waals surface area contributed by atoms with E-state index in [4.69, 9.17) is 5.84 Å². The van der Waals surface area contributed by atoms with Gasteiger partial charge in [-0.1, -0.05) is 0 Å². The maximum absolute atomic E-state index is 5.54. The Morgan fingerprint density at radius 3 is 2.94 bits per heavy atom. The first-order valence-corrected chi connectivity index (χ1v) is 6.07. The number of hydrogen-bond acceptors (Lipinski definition) is 5. The van der Waals surface area contributed by atoms with Gasteiger partial charge in [0, 0.05) is 17.5 Å². The monoisotopic (exact) mass is 241 g/mol. The van der Waals surface area contributed by atoms with Gasteiger partial charge in [-0.15, -0.1) is 0 Å². The van der Waals surface area contributed by atoms with E-state index >= 15 is 0 Å². The summed E-state index contributed by atoms with van der Waals surface area (Å²) in [6.45, 7) is 2.03. The molecule has 5 nitrogen and oxygen atoms in total. The number of aromatic nitrogens is 3. The SMILES string of the molecule is Cc1ccnc(-c2nc3c(c(NN)n2)CCC3)c1. The Bertz CT molecular complexity index is 594. The number of hydrazine groups is 1. The first kappa shape index (κ1) is 11.1. The van der Waals surface area contributed by atoms with Crippen LogP contribution in [0.1, 0.15) is 23.2 Å². The van der Waals surface area contributed by atoms with Crippen LogP contribution in [0, 0.1) is 6.92 Å². The number of fused-ring (bicyclic) bond motifs is 1. The zero-order chi connectivity index (χ0) is 12.5. The molecular weight excluding hydrogens is 226 g/mol. The van der Waals surface area contributed by atoms with E-state index < -0.39 is 0 Å². The maximum atomic E-state index is 5.54. The normalized spacial score (nSPS) is 13.4. The molecule has 1 aliphatic rings. The average Bonchev–Trinajstić information content (AvgIpc) is 2.85. The summed E-state index contributed by atoms with van der Waals surface area (Å²) >= 11 is 0. The highest BCUT2D eigenvalue weighted by molar-refractivity contribution is 5.57. The van der Waals surface area contributed by atoms with Gasteiger partial charge in [-0.2, -0.15) is 0 Å². The Kier molecular flexibility index (Phi) is 2.68. The van der Waals surface area contributed by atoms with Crippen molar-refractivity contribution in [1.29, 1.82) is 0 Å². The van der Waals surface area contributed by atoms with Gasteiger partial charge in [0.25, 0.3) is 0 Å². The fourth-order valence-electron chi connectivity index (χ4n) is 2.32. The second-order valence-electron chi connectivity index (χ2n) is 4.54. The zero-order valence-electron chi connectivity index (χ0n) is 10.3. The van der Waals surface area contributed by atoms with Gasteiger partial charge in [0.1, 0.15) is 11.5 Å². The lowest BCUT2D eigenvalue weighted by Crippen LogP contribution is -2.13. The van der Waals surface area contributed by atoms with E-state index in [1.54, 1.807) is 6.20 Å². The number of anilines is 1. The van der Waals surface area contributed by atoms with Crippen molar-refractivity contribution in [2.75, 3.05) is 5.43 Å². The van der Waals surface area contributed by atoms with Gasteiger partial charge >= 0.3 is 0 Å². The van der Waals surface area contributed by atoms with Crippen LogP contribution in [0.5, 0.6) is 0 Å². The van der Waals surface area contributed by atoms with Gasteiger partial charge in [-0.25, -0.2) is 15.8 Å². The Morgan fingerprint density at radius 1 is 1.28 bits per heavy atom. The van der Waals surface area contributed by atoms with Crippen LogP contribution < -0.4 is 11.3 Å². The number of nitrogens with two attached hydrogens (primary N) is 1. The lowest BCUT2D eigenvalue weighted by Gasteiger charge is -2.09. The van der Waals surface area contributed by atoms with Crippen molar-refractivity contribution in [2.45, 2.75) is 26.2 Å². The molecule has 2 aromatic rings. The van der Waals surface area contributed by atoms with Crippen molar-refractivity contribution in [1.82, 2.24) is 15.0 Å². The molecule has 3 rings (SSSR count). The standard InChI is InChI=1S/C13H15N5/c1-8-5-6-15-11(7-8)13-16-10-4-2-3-9(10)12(17-13)18-14/h5-7H,2-4,14H2,1H3,(H,16,17,18). The van der Waals surface area contributed by atoms with E-state index in [2.05, 4.69) is 20.4 Å². The second-order valence-corrected chi connectivity index (χ2v) is 4.54. The average molecular weight is 241 g/mol. The van der Waals surface area contributed by atoms with Gasteiger partial charge in [-0.3, -0.25) is 4.98 Å². The molecule has 0 amide bonds. The van der Waals surface area contributed by atoms with Gasteiger partial charge in [-0.05, 0) is 43.9 Å². The Balaban J connectivity index is 2.13. The highest BCUT2D eigenvalue weighted by atomic mass is 15.3. The number of hydrogen-bond donors (Lipinski definition) is 2. The van der Waals surface area contributed by atoms with Crippen LogP contribution in [0.25, 0.3) is 11.5 Å². The molecule has 0 atom stereocenters. The summed E-state index contributed by atoms with van der Waals surface area (Å²) in [4.78, 5) is 13.4. The van der Waals surface area contributed by atoms with Crippen molar-refractivity contribution in [3.05, 3.63) is 35.2 Å². The van der Waals surface area contributed by atoms with Crippen molar-refractivity contribution >= 4 is 5.82 Å². The van der Waals surface area contributed by atoms with Gasteiger partial charge in [0.15, 0.2) is 5.82 Å². The summed E-state index contributed by atoms with van der Waals surface area (Å²) in [5.74, 6) is 6.92. The maximum Gasteiger partial charge on any atom is 0.180 e. The molecule has 0 saturated heterocycles. The van der Waals surface area contributed by atoms with Crippen LogP contribution in [0.2, 0.25) is 0 Å². The van der Waals surface area contributed by atoms with Crippen LogP contribution in [0.3, 0.4) is 0 Å². The molecule has 0 unspecified atom stereocenters. The first-order valence-electron chi connectivity index (χ1n) is 6.07. The highest BCUT2D eigenvalue weighted by Gasteiger charge is 2.19. The summed E-state index contributed by atoms with van der Waals surface area (Å²) in [6.07, 6.45) is 4.88. The third-order valence-electron chi connectivity index (χ3n) is 3.21. The van der Waals surface area contributed by atoms with Crippen molar-refractivity contribution < 1.29 is 0 Å². The molecule has 2 aromatic heterocycles. The van der Waals surface area contributed by atoms with Crippen LogP contribution >= 0.6 is 0 Å². The number of aryl methyl sites for hydroxylation is 2. The van der Waals surface area contributed by atoms with Crippen LogP contribution in [-0.2, 0) is 12.8 Å². The molecule has 92 valence electrons. The molecule has 2 heterocycles. The predicted octanol–water partition coefficient (Wildman–Crippen LogP) is 1.62. The van der Waals surface area contributed by atoms with E-state index in [1.165, 1.54) is 0 Å². The first-order chi connectivity index (χ1) is 8.78. The van der Waals surface area contributed by atoms with Crippen molar-refractivity contribution in [3.63, 3.8) is 0 Å². The zero-order valence-corrected chi connectivity index (χ0v) is 10.3. The summed E-state index contributed by atoms with van der Waals surface area (Å²) in [7, 11) is 0. The molecule has 0 bridgehead atoms. The minimum atomic E-state index is 0.646. The van der Waals surface area contributed by atoms with Gasteiger partial charge in [0.2, 0.25) is 0 Å². The fourth-order valence-corrected chi connectivity index (χ4v) is 2.32. The molecule has 0 fully saturated rings. The molecule has 5 heteroatoms. The molecule has 0 spiro atoms. The molecule has 0 radical (unpaired) electrons. The molecule has 0 aliphatic heterocycles. The Labute approximate surface area is 105 Å². The Morgan fingerprint density at radius 2 is 2.17 bits per heavy atom. The van der Waals surface area contributed by atoms with Crippen LogP contribution in [-0.4, -0.2) is 15.0 Å². The third kappa shape index (κ3) is 1.82. The quantitative estimate of drug-likeness (QED) is 0.617. The second kappa shape index (κ2) is 4.34. The van der Waals surface area contributed by atoms with E-state index in [0.29, 0.717) is 5.82 Å². The topological polar surface area (TPSA) is 76.7 Å². The van der Waals surface area contributed by atoms with E-state index in [9.17, 15) is 0 Å². The van der Waals surface area contributed by atoms with E-state index in [0.717, 1.165) is 47.6 Å². The number of pyridine rings is 1. The van der Waals surface area contributed by atoms with E-state index in [1.807, 2.05) is 19.1 Å². The van der Waals surface area contributed by atoms with Crippen LogP contribution in [0.15, 0.2) is 18.3 Å². The van der Waals surface area contributed by atoms with Crippen LogP contribution in [0.4, 0.5) is 5.82 Å². The minimum Gasteiger partial charge on any atom is -0.308 e. The largest absolute Gasteiger partial charge is 0.308 e. The van der Waals surface area contributed by atoms with Gasteiger partial charge < -0.3 is 5.43 Å². The molecule has 1 aliphatic carbocycles. The van der Waals surface area contributed by atoms with Crippen molar-refractivity contribution in [2.24, 2.45) is 5.84 Å². The lowest BCUT2D eigenvalue weighted by molar-refractivity contribution is 0.899. The Hall–Kier alpha value is -2.01. The number of nitrogens with zero attached hydrogens (tertiary/aromatic N) is 3. The smallest absolute Gasteiger partial charge is 0.180 e. The number of nitrogens with one attached hydrogen (secondary N) is 1. The van der Waals surface area contributed by atoms with E-state index in [-0.39, 0.29) is 0 Å². The van der Waals surface area contributed by atoms with Crippen molar-refractivity contribution in [3.8, 4) is 11.5 Å². The molecule has 0 aromatic carbocycles. The summed E-state index contributed by atoms with van der Waals surface area (Å²) in [5.41, 5.74) is 6.85. The fraction of sp³-hybridized carbons (Fsp3) is 0.308. The number of nitrogen functional groups attached to an aromatic ring is 1. The summed E-state index contributed by atoms with van der Waals surface area (Å²) < 4.78 is 0. The number of rotatable bonds is 2. The van der Waals surface area contributed by atoms with Gasteiger partial charge in [0.05, 0.1) is 0 Å². The molecule has 18 heavy (non-hydrogen) atoms. The molecule has 0 saturated carbocycles. The summed E-state index contributed by atoms with van der Waals surface area (Å²) in [6, 6.07) is 3.94. The third-order valence-corrected chi connectivity index (χ3v) is 3.21. The minimum absolute atomic E-state index is 0.646. The lowest BCUT2D eigenvalue weighted by atomic mass is 10.2. The highest BCUT2D eigenvalue weighted by Crippen LogP contribution is 2.28.